The molecule has 1 aromatic heterocycles. The highest BCUT2D eigenvalue weighted by Gasteiger charge is 2.20. The second-order valence-electron chi connectivity index (χ2n) is 6.15. The first-order valence-corrected chi connectivity index (χ1v) is 8.72. The van der Waals surface area contributed by atoms with Crippen LogP contribution >= 0.6 is 0 Å². The van der Waals surface area contributed by atoms with E-state index in [-0.39, 0.29) is 18.1 Å². The van der Waals surface area contributed by atoms with E-state index in [2.05, 4.69) is 11.1 Å². The van der Waals surface area contributed by atoms with E-state index in [1.165, 1.54) is 0 Å². The van der Waals surface area contributed by atoms with Crippen molar-refractivity contribution in [1.29, 1.82) is 5.26 Å². The average molecular weight is 377 g/mol. The molecule has 0 radical (unpaired) electrons. The van der Waals surface area contributed by atoms with Crippen LogP contribution in [0, 0.1) is 18.3 Å². The fraction of sp³-hybridized carbons (Fsp3) is 0.190. The van der Waals surface area contributed by atoms with E-state index in [1.54, 1.807) is 37.3 Å². The molecule has 0 spiro atoms. The highest BCUT2D eigenvalue weighted by molar-refractivity contribution is 5.90. The first kappa shape index (κ1) is 19.0. The number of carbonyl (C=O) groups is 1. The molecule has 0 amide bonds. The minimum Gasteiger partial charge on any atom is -0.485 e. The number of hydrogen-bond donors (Lipinski definition) is 1. The number of ether oxygens (including phenoxy) is 2. The predicted molar refractivity (Wildman–Crippen MR) is 100 cm³/mol. The van der Waals surface area contributed by atoms with E-state index in [1.807, 2.05) is 19.1 Å². The lowest BCUT2D eigenvalue weighted by atomic mass is 10.1. The van der Waals surface area contributed by atoms with Crippen LogP contribution < -0.4 is 9.47 Å². The molecule has 0 aliphatic carbocycles. The van der Waals surface area contributed by atoms with Crippen LogP contribution in [0.25, 0.3) is 0 Å². The van der Waals surface area contributed by atoms with Gasteiger partial charge >= 0.3 is 5.97 Å². The van der Waals surface area contributed by atoms with Gasteiger partial charge in [0.1, 0.15) is 12.9 Å². The van der Waals surface area contributed by atoms with Gasteiger partial charge in [0.15, 0.2) is 17.2 Å². The van der Waals surface area contributed by atoms with Gasteiger partial charge in [-0.2, -0.15) is 9.99 Å². The Balaban J connectivity index is 1.83. The Kier molecular flexibility index (Phi) is 5.61. The Bertz CT molecular complexity index is 1030. The van der Waals surface area contributed by atoms with Crippen LogP contribution in [0.15, 0.2) is 48.8 Å². The lowest BCUT2D eigenvalue weighted by Crippen LogP contribution is -2.15. The quantitative estimate of drug-likeness (QED) is 0.400. The number of carbonyl (C=O) groups excluding carboxylic acids is 1. The van der Waals surface area contributed by atoms with Gasteiger partial charge in [-0.1, -0.05) is 25.1 Å². The highest BCUT2D eigenvalue weighted by Crippen LogP contribution is 2.30. The zero-order chi connectivity index (χ0) is 20.1. The molecule has 0 fully saturated rings. The van der Waals surface area contributed by atoms with Crippen LogP contribution in [0.1, 0.15) is 39.8 Å². The van der Waals surface area contributed by atoms with Gasteiger partial charge in [0.05, 0.1) is 17.3 Å². The normalized spacial score (nSPS) is 10.3. The zero-order valence-electron chi connectivity index (χ0n) is 15.5. The fourth-order valence-corrected chi connectivity index (χ4v) is 2.68. The summed E-state index contributed by atoms with van der Waals surface area (Å²) in [6.07, 6.45) is 1.92. The topological polar surface area (TPSA) is 97.4 Å². The Hall–Kier alpha value is -3.79. The molecule has 0 bridgehead atoms. The number of esters is 1. The van der Waals surface area contributed by atoms with Gasteiger partial charge in [0, 0.05) is 0 Å². The predicted octanol–water partition coefficient (Wildman–Crippen LogP) is 3.66. The van der Waals surface area contributed by atoms with Crippen molar-refractivity contribution >= 4 is 5.97 Å². The molecule has 1 heterocycles. The second-order valence-corrected chi connectivity index (χ2v) is 6.15. The number of rotatable bonds is 6. The van der Waals surface area contributed by atoms with Crippen molar-refractivity contribution in [3.8, 4) is 17.6 Å². The number of hydrogen-bond acceptors (Lipinski definition) is 6. The molecule has 0 aliphatic rings. The lowest BCUT2D eigenvalue weighted by Gasteiger charge is -2.13. The van der Waals surface area contributed by atoms with E-state index in [0.717, 1.165) is 23.9 Å². The van der Waals surface area contributed by atoms with Gasteiger partial charge in [-0.25, -0.2) is 9.78 Å². The maximum atomic E-state index is 12.4. The van der Waals surface area contributed by atoms with Gasteiger partial charge in [-0.3, -0.25) is 0 Å². The summed E-state index contributed by atoms with van der Waals surface area (Å²) in [5.41, 5.74) is 2.69. The molecule has 142 valence electrons. The van der Waals surface area contributed by atoms with E-state index in [9.17, 15) is 10.0 Å². The van der Waals surface area contributed by atoms with Gasteiger partial charge < -0.3 is 14.7 Å². The smallest absolute Gasteiger partial charge is 0.365 e. The van der Waals surface area contributed by atoms with E-state index >= 15 is 0 Å². The Morgan fingerprint density at radius 2 is 2.04 bits per heavy atom. The number of nitriles is 1. The number of benzene rings is 2. The largest absolute Gasteiger partial charge is 0.485 e. The molecule has 0 atom stereocenters. The van der Waals surface area contributed by atoms with Crippen LogP contribution in [0.2, 0.25) is 0 Å². The van der Waals surface area contributed by atoms with Crippen LogP contribution in [0.5, 0.6) is 11.5 Å². The molecular weight excluding hydrogens is 358 g/mol. The third-order valence-electron chi connectivity index (χ3n) is 4.20. The Morgan fingerprint density at radius 3 is 2.71 bits per heavy atom. The van der Waals surface area contributed by atoms with Crippen molar-refractivity contribution in [2.24, 2.45) is 0 Å². The molecule has 2 aromatic carbocycles. The highest BCUT2D eigenvalue weighted by atomic mass is 16.6. The van der Waals surface area contributed by atoms with Gasteiger partial charge in [0.2, 0.25) is 0 Å². The molecule has 28 heavy (non-hydrogen) atoms. The summed E-state index contributed by atoms with van der Waals surface area (Å²) in [6.45, 7) is 3.82. The fourth-order valence-electron chi connectivity index (χ4n) is 2.68. The molecule has 3 aromatic rings. The summed E-state index contributed by atoms with van der Waals surface area (Å²) in [4.78, 5) is 16.3. The van der Waals surface area contributed by atoms with Gasteiger partial charge in [-0.05, 0) is 48.7 Å². The minimum absolute atomic E-state index is 0.0489. The third kappa shape index (κ3) is 4.13. The van der Waals surface area contributed by atoms with Crippen LogP contribution in [0.4, 0.5) is 0 Å². The molecule has 0 aliphatic heterocycles. The molecule has 7 heteroatoms. The first-order valence-electron chi connectivity index (χ1n) is 8.72. The molecule has 7 nitrogen and oxygen atoms in total. The molecule has 1 N–H and O–H groups in total. The standard InChI is InChI=1S/C21H19N3O4/c1-3-15-7-8-18(28-21(25)20-14(2)23-13-24(20)26)19(10-15)27-12-17-6-4-5-16(9-17)11-22/h4-10,13,26H,3,12H2,1-2H3. The average Bonchev–Trinajstić information content (AvgIpc) is 3.05. The van der Waals surface area contributed by atoms with E-state index in [4.69, 9.17) is 14.7 Å². The van der Waals surface area contributed by atoms with Crippen LogP contribution in [-0.2, 0) is 13.0 Å². The second kappa shape index (κ2) is 8.27. The Labute approximate surface area is 162 Å². The van der Waals surface area contributed by atoms with Crippen LogP contribution in [-0.4, -0.2) is 20.9 Å². The number of aromatic nitrogens is 2. The molecule has 3 rings (SSSR count). The SMILES string of the molecule is CCc1ccc(OC(=O)c2c(C)ncn2O)c(OCc2cccc(C#N)c2)c1. The molecule has 0 unspecified atom stereocenters. The van der Waals surface area contributed by atoms with E-state index in [0.29, 0.717) is 21.7 Å². The summed E-state index contributed by atoms with van der Waals surface area (Å²) in [5, 5.41) is 18.7. The van der Waals surface area contributed by atoms with E-state index < -0.39 is 5.97 Å². The van der Waals surface area contributed by atoms with Crippen molar-refractivity contribution in [1.82, 2.24) is 9.71 Å². The van der Waals surface area contributed by atoms with Crippen molar-refractivity contribution < 1.29 is 19.5 Å². The number of aryl methyl sites for hydroxylation is 2. The summed E-state index contributed by atoms with van der Waals surface area (Å²) >= 11 is 0. The molecule has 0 saturated carbocycles. The Morgan fingerprint density at radius 1 is 1.21 bits per heavy atom. The van der Waals surface area contributed by atoms with Crippen molar-refractivity contribution in [3.05, 3.63) is 76.9 Å². The van der Waals surface area contributed by atoms with Crippen molar-refractivity contribution in [2.45, 2.75) is 26.9 Å². The number of nitrogens with zero attached hydrogens (tertiary/aromatic N) is 3. The summed E-state index contributed by atoms with van der Waals surface area (Å²) in [5.74, 6) is -0.103. The van der Waals surface area contributed by atoms with Gasteiger partial charge in [-0.15, -0.1) is 0 Å². The first-order chi connectivity index (χ1) is 13.5. The number of imidazole rings is 1. The van der Waals surface area contributed by atoms with Crippen molar-refractivity contribution in [2.75, 3.05) is 0 Å². The van der Waals surface area contributed by atoms with Gasteiger partial charge in [0.25, 0.3) is 0 Å². The summed E-state index contributed by atoms with van der Waals surface area (Å²) in [6, 6.07) is 14.5. The van der Waals surface area contributed by atoms with Crippen LogP contribution in [0.3, 0.4) is 0 Å². The lowest BCUT2D eigenvalue weighted by molar-refractivity contribution is 0.0674. The molecular formula is C21H19N3O4. The summed E-state index contributed by atoms with van der Waals surface area (Å²) in [7, 11) is 0. The maximum absolute atomic E-state index is 12.4. The maximum Gasteiger partial charge on any atom is 0.365 e. The van der Waals surface area contributed by atoms with Crippen molar-refractivity contribution in [3.63, 3.8) is 0 Å². The zero-order valence-corrected chi connectivity index (χ0v) is 15.5. The summed E-state index contributed by atoms with van der Waals surface area (Å²) < 4.78 is 12.0. The monoisotopic (exact) mass is 377 g/mol. The third-order valence-corrected chi connectivity index (χ3v) is 4.20. The minimum atomic E-state index is -0.738. The molecule has 0 saturated heterocycles.